The highest BCUT2D eigenvalue weighted by Crippen LogP contribution is 2.23. The van der Waals surface area contributed by atoms with Gasteiger partial charge in [0.25, 0.3) is 5.91 Å². The van der Waals surface area contributed by atoms with E-state index in [1.807, 2.05) is 6.07 Å². The van der Waals surface area contributed by atoms with Crippen molar-refractivity contribution in [2.24, 2.45) is 0 Å². The maximum Gasteiger partial charge on any atom is 0.338 e. The van der Waals surface area contributed by atoms with Crippen LogP contribution in [0.1, 0.15) is 28.8 Å². The van der Waals surface area contributed by atoms with Crippen molar-refractivity contribution in [2.45, 2.75) is 30.4 Å². The summed E-state index contributed by atoms with van der Waals surface area (Å²) in [5.74, 6) is -1.29. The van der Waals surface area contributed by atoms with E-state index in [1.54, 1.807) is 24.3 Å². The quantitative estimate of drug-likeness (QED) is 0.548. The number of halogens is 1. The third-order valence-electron chi connectivity index (χ3n) is 4.65. The van der Waals surface area contributed by atoms with Crippen LogP contribution in [0.25, 0.3) is 0 Å². The third kappa shape index (κ3) is 6.76. The van der Waals surface area contributed by atoms with Crippen molar-refractivity contribution >= 4 is 33.5 Å². The fraction of sp³-hybridized carbons (Fsp3) is 0.333. The van der Waals surface area contributed by atoms with Gasteiger partial charge in [0.2, 0.25) is 10.0 Å². The molecule has 1 heterocycles. The maximum atomic E-state index is 12.7. The van der Waals surface area contributed by atoms with Gasteiger partial charge in [0.15, 0.2) is 6.61 Å². The SMILES string of the molecule is O=C(COC(=O)c1ccc(Cl)c(S(=O)(=O)NCc2ccccc2)c1)NC[C@@H]1CCCO1. The minimum Gasteiger partial charge on any atom is -0.452 e. The van der Waals surface area contributed by atoms with Crippen LogP contribution in [0, 0.1) is 0 Å². The molecule has 0 spiro atoms. The van der Waals surface area contributed by atoms with Crippen LogP contribution in [0.4, 0.5) is 0 Å². The van der Waals surface area contributed by atoms with Gasteiger partial charge in [0.05, 0.1) is 16.7 Å². The second-order valence-electron chi connectivity index (χ2n) is 6.97. The summed E-state index contributed by atoms with van der Waals surface area (Å²) >= 11 is 6.05. The average Bonchev–Trinajstić information content (AvgIpc) is 3.29. The fourth-order valence-electron chi connectivity index (χ4n) is 2.99. The molecular weight excluding hydrogens is 444 g/mol. The monoisotopic (exact) mass is 466 g/mol. The van der Waals surface area contributed by atoms with Gasteiger partial charge < -0.3 is 14.8 Å². The van der Waals surface area contributed by atoms with Gasteiger partial charge in [0.1, 0.15) is 4.90 Å². The van der Waals surface area contributed by atoms with E-state index >= 15 is 0 Å². The zero-order valence-electron chi connectivity index (χ0n) is 16.7. The predicted octanol–water partition coefficient (Wildman–Crippen LogP) is 2.27. The number of ether oxygens (including phenoxy) is 2. The molecule has 31 heavy (non-hydrogen) atoms. The molecule has 2 N–H and O–H groups in total. The van der Waals surface area contributed by atoms with Crippen molar-refractivity contribution in [1.82, 2.24) is 10.0 Å². The Balaban J connectivity index is 1.58. The molecule has 8 nitrogen and oxygen atoms in total. The Bertz CT molecular complexity index is 1020. The molecule has 0 bridgehead atoms. The number of benzene rings is 2. The Hall–Kier alpha value is -2.46. The molecule has 2 aromatic rings. The molecule has 166 valence electrons. The molecule has 0 radical (unpaired) electrons. The van der Waals surface area contributed by atoms with Crippen molar-refractivity contribution in [3.8, 4) is 0 Å². The van der Waals surface area contributed by atoms with Gasteiger partial charge in [-0.05, 0) is 36.6 Å². The van der Waals surface area contributed by atoms with E-state index in [2.05, 4.69) is 10.0 Å². The van der Waals surface area contributed by atoms with Gasteiger partial charge in [-0.15, -0.1) is 0 Å². The lowest BCUT2D eigenvalue weighted by molar-refractivity contribution is -0.124. The first-order chi connectivity index (χ1) is 14.8. The average molecular weight is 467 g/mol. The highest BCUT2D eigenvalue weighted by atomic mass is 35.5. The molecule has 10 heteroatoms. The summed E-state index contributed by atoms with van der Waals surface area (Å²) in [5.41, 5.74) is 0.739. The Labute approximate surface area is 185 Å². The standard InChI is InChI=1S/C21H23ClN2O6S/c22-18-9-8-16(21(26)30-14-20(25)23-13-17-7-4-10-29-17)11-19(18)31(27,28)24-12-15-5-2-1-3-6-15/h1-3,5-6,8-9,11,17,24H,4,7,10,12-14H2,(H,23,25)/t17-/m0/s1. The van der Waals surface area contributed by atoms with Gasteiger partial charge in [-0.25, -0.2) is 17.9 Å². The Morgan fingerprint density at radius 1 is 1.16 bits per heavy atom. The molecule has 3 rings (SSSR count). The van der Waals surface area contributed by atoms with Crippen LogP contribution in [-0.2, 0) is 30.8 Å². The zero-order chi connectivity index (χ0) is 22.3. The number of rotatable bonds is 9. The Morgan fingerprint density at radius 3 is 2.65 bits per heavy atom. The van der Waals surface area contributed by atoms with Crippen LogP contribution >= 0.6 is 11.6 Å². The molecule has 1 aliphatic rings. The summed E-state index contributed by atoms with van der Waals surface area (Å²) in [7, 11) is -3.98. The lowest BCUT2D eigenvalue weighted by Gasteiger charge is -2.12. The molecule has 1 amide bonds. The van der Waals surface area contributed by atoms with Gasteiger partial charge in [-0.3, -0.25) is 4.79 Å². The second-order valence-corrected chi connectivity index (χ2v) is 9.11. The van der Waals surface area contributed by atoms with Crippen LogP contribution in [0.3, 0.4) is 0 Å². The van der Waals surface area contributed by atoms with Crippen LogP contribution in [-0.4, -0.2) is 46.2 Å². The van der Waals surface area contributed by atoms with E-state index in [4.69, 9.17) is 21.1 Å². The van der Waals surface area contributed by atoms with E-state index in [1.165, 1.54) is 12.1 Å². The smallest absolute Gasteiger partial charge is 0.338 e. The number of amides is 1. The molecule has 1 aliphatic heterocycles. The van der Waals surface area contributed by atoms with E-state index in [9.17, 15) is 18.0 Å². The summed E-state index contributed by atoms with van der Waals surface area (Å²) in [4.78, 5) is 23.9. The predicted molar refractivity (Wildman–Crippen MR) is 114 cm³/mol. The first-order valence-corrected chi connectivity index (χ1v) is 11.6. The molecule has 1 saturated heterocycles. The molecule has 0 aliphatic carbocycles. The highest BCUT2D eigenvalue weighted by molar-refractivity contribution is 7.89. The van der Waals surface area contributed by atoms with Crippen molar-refractivity contribution in [3.63, 3.8) is 0 Å². The van der Waals surface area contributed by atoms with E-state index in [0.29, 0.717) is 13.2 Å². The lowest BCUT2D eigenvalue weighted by atomic mass is 10.2. The number of carbonyl (C=O) groups is 2. The topological polar surface area (TPSA) is 111 Å². The van der Waals surface area contributed by atoms with E-state index in [-0.39, 0.29) is 28.1 Å². The zero-order valence-corrected chi connectivity index (χ0v) is 18.2. The highest BCUT2D eigenvalue weighted by Gasteiger charge is 2.21. The minimum absolute atomic E-state index is 0.0212. The van der Waals surface area contributed by atoms with Gasteiger partial charge in [-0.2, -0.15) is 0 Å². The van der Waals surface area contributed by atoms with Crippen molar-refractivity contribution in [3.05, 3.63) is 64.7 Å². The number of nitrogens with one attached hydrogen (secondary N) is 2. The minimum atomic E-state index is -3.98. The number of hydrogen-bond acceptors (Lipinski definition) is 6. The largest absolute Gasteiger partial charge is 0.452 e. The summed E-state index contributed by atoms with van der Waals surface area (Å²) in [6.45, 7) is 0.617. The molecule has 0 saturated carbocycles. The number of carbonyl (C=O) groups excluding carboxylic acids is 2. The van der Waals surface area contributed by atoms with Gasteiger partial charge >= 0.3 is 5.97 Å². The van der Waals surface area contributed by atoms with Crippen molar-refractivity contribution in [1.29, 1.82) is 0 Å². The van der Waals surface area contributed by atoms with Gasteiger partial charge in [0, 0.05) is 19.7 Å². The number of sulfonamides is 1. The maximum absolute atomic E-state index is 12.7. The van der Waals surface area contributed by atoms with Crippen LogP contribution in [0.2, 0.25) is 5.02 Å². The molecule has 1 fully saturated rings. The van der Waals surface area contributed by atoms with Crippen LogP contribution in [0.15, 0.2) is 53.4 Å². The van der Waals surface area contributed by atoms with E-state index in [0.717, 1.165) is 24.5 Å². The summed E-state index contributed by atoms with van der Waals surface area (Å²) in [6.07, 6.45) is 1.81. The van der Waals surface area contributed by atoms with Gasteiger partial charge in [-0.1, -0.05) is 41.9 Å². The lowest BCUT2D eigenvalue weighted by Crippen LogP contribution is -2.34. The first kappa shape index (κ1) is 23.2. The van der Waals surface area contributed by atoms with E-state index < -0.39 is 28.5 Å². The number of esters is 1. The summed E-state index contributed by atoms with van der Waals surface area (Å²) in [5, 5.41) is 2.60. The summed E-state index contributed by atoms with van der Waals surface area (Å²) in [6, 6.07) is 12.7. The summed E-state index contributed by atoms with van der Waals surface area (Å²) < 4.78 is 38.2. The normalized spacial score (nSPS) is 16.1. The Kier molecular flexibility index (Phi) is 8.03. The third-order valence-corrected chi connectivity index (χ3v) is 6.53. The second kappa shape index (κ2) is 10.7. The van der Waals surface area contributed by atoms with Crippen molar-refractivity contribution in [2.75, 3.05) is 19.8 Å². The molecule has 1 atom stereocenters. The molecule has 0 unspecified atom stereocenters. The molecule has 0 aromatic heterocycles. The fourth-order valence-corrected chi connectivity index (χ4v) is 4.53. The number of hydrogen-bond donors (Lipinski definition) is 2. The van der Waals surface area contributed by atoms with Crippen LogP contribution < -0.4 is 10.0 Å². The first-order valence-electron chi connectivity index (χ1n) is 9.74. The molecular formula is C21H23ClN2O6S. The molecule has 2 aromatic carbocycles. The van der Waals surface area contributed by atoms with Crippen LogP contribution in [0.5, 0.6) is 0 Å². The Morgan fingerprint density at radius 2 is 1.94 bits per heavy atom. The van der Waals surface area contributed by atoms with Crippen molar-refractivity contribution < 1.29 is 27.5 Å².